The Morgan fingerprint density at radius 3 is 0.523 bits per heavy atom. The fraction of sp³-hybridized carbons (Fsp3) is 0.222. The van der Waals surface area contributed by atoms with E-state index < -0.39 is 117 Å². The molecule has 6 rings (SSSR count). The van der Waals surface area contributed by atoms with Crippen LogP contribution in [0.4, 0.5) is 136 Å². The predicted octanol–water partition coefficient (Wildman–Crippen LogP) is 17.0. The van der Waals surface area contributed by atoms with Crippen LogP contribution in [-0.4, -0.2) is 82.5 Å². The third-order valence-electron chi connectivity index (χ3n) is 11.7. The molecule has 0 aliphatic carbocycles. The smallest absolute Gasteiger partial charge is 0.311 e. The van der Waals surface area contributed by atoms with Gasteiger partial charge in [0.05, 0.1) is 0 Å². The summed E-state index contributed by atoms with van der Waals surface area (Å²) in [5, 5.41) is -19.3. The van der Waals surface area contributed by atoms with Crippen LogP contribution in [0.3, 0.4) is 0 Å². The molecule has 34 heteroatoms. The number of hydrogen-bond donors (Lipinski definition) is 0. The summed E-state index contributed by atoms with van der Waals surface area (Å²) in [7, 11) is -13.4. The molecule has 0 bridgehead atoms. The summed E-state index contributed by atoms with van der Waals surface area (Å²) in [4.78, 5) is -2.33. The molecule has 0 saturated carbocycles. The molecule has 6 aromatic rings. The van der Waals surface area contributed by atoms with Crippen molar-refractivity contribution in [1.82, 2.24) is 0 Å². The molecule has 3 atom stereocenters. The average Bonchev–Trinajstić information content (AvgIpc) is 0.976. The van der Waals surface area contributed by atoms with Gasteiger partial charge in [0, 0.05) is 65.1 Å². The summed E-state index contributed by atoms with van der Waals surface area (Å²) < 4.78 is 400. The second kappa shape index (κ2) is 24.0. The number of rotatable bonds is 15. The van der Waals surface area contributed by atoms with E-state index in [1.165, 1.54) is 72.8 Å². The van der Waals surface area contributed by atoms with Crippen LogP contribution in [0.2, 0.25) is 0 Å². The summed E-state index contributed by atoms with van der Waals surface area (Å²) in [6.45, 7) is 0. The maximum absolute atomic E-state index is 14.3. The molecular formula is C54H24F27NO3S3. The van der Waals surface area contributed by atoms with Gasteiger partial charge in [-0.2, -0.15) is 119 Å². The van der Waals surface area contributed by atoms with Crippen LogP contribution in [0.1, 0.15) is 33.4 Å². The van der Waals surface area contributed by atoms with Crippen LogP contribution >= 0.6 is 0 Å². The van der Waals surface area contributed by atoms with Crippen LogP contribution in [0.5, 0.6) is 0 Å². The van der Waals surface area contributed by atoms with Crippen LogP contribution in [0.25, 0.3) is 0 Å². The molecule has 88 heavy (non-hydrogen) atoms. The van der Waals surface area contributed by atoms with Gasteiger partial charge in [-0.25, -0.2) is 12.6 Å². The molecule has 0 aliphatic heterocycles. The molecule has 0 saturated heterocycles. The lowest BCUT2D eigenvalue weighted by molar-refractivity contribution is -0.381. The van der Waals surface area contributed by atoms with Crippen LogP contribution in [0.15, 0.2) is 160 Å². The van der Waals surface area contributed by atoms with Gasteiger partial charge in [-0.15, -0.1) is 0 Å². The number of benzene rings is 6. The van der Waals surface area contributed by atoms with Crippen molar-refractivity contribution in [2.45, 2.75) is 84.5 Å². The van der Waals surface area contributed by atoms with Gasteiger partial charge in [0.15, 0.2) is 0 Å². The lowest BCUT2D eigenvalue weighted by atomic mass is 10.1. The Morgan fingerprint density at radius 1 is 0.227 bits per heavy atom. The van der Waals surface area contributed by atoms with E-state index in [0.29, 0.717) is 53.5 Å². The van der Waals surface area contributed by atoms with Gasteiger partial charge in [-0.05, 0) is 146 Å². The van der Waals surface area contributed by atoms with E-state index in [1.54, 1.807) is 4.90 Å². The first-order chi connectivity index (χ1) is 40.1. The minimum absolute atomic E-state index is 0.120. The molecular weight excluding hydrogens is 1320 g/mol. The Labute approximate surface area is 483 Å². The first kappa shape index (κ1) is 69.5. The zero-order valence-electron chi connectivity index (χ0n) is 42.0. The number of alkyl halides is 27. The van der Waals surface area contributed by atoms with E-state index in [-0.39, 0.29) is 33.4 Å². The standard InChI is InChI=1S/C54H24F27NO3S3/c55-43(56,49(67,68)69)46(61,62)52(76,77)86(83)40-25-13-34(14-26-40)4-1-31-7-19-37(20-8-31)82(38-21-9-32(10-22-38)2-5-35-15-27-41(28-16-35)87(84)53(78,79)47(63,64)44(57,58)50(70,71)72)39-23-11-33(12-24-39)3-6-36-17-29-42(30-18-36)88(85)54(80,81)48(65,66)45(59,60)51(73,74)75/h7-30H. The highest BCUT2D eigenvalue weighted by atomic mass is 32.2. The van der Waals surface area contributed by atoms with Gasteiger partial charge in [0.25, 0.3) is 0 Å². The molecule has 4 nitrogen and oxygen atoms in total. The van der Waals surface area contributed by atoms with E-state index in [1.807, 2.05) is 0 Å². The third-order valence-corrected chi connectivity index (χ3v) is 15.9. The van der Waals surface area contributed by atoms with Gasteiger partial charge in [-0.1, -0.05) is 35.5 Å². The van der Waals surface area contributed by atoms with Crippen molar-refractivity contribution in [3.05, 3.63) is 179 Å². The second-order valence-corrected chi connectivity index (χ2v) is 22.2. The van der Waals surface area contributed by atoms with Crippen molar-refractivity contribution < 1.29 is 131 Å². The van der Waals surface area contributed by atoms with Crippen molar-refractivity contribution in [1.29, 1.82) is 0 Å². The molecule has 0 heterocycles. The summed E-state index contributed by atoms with van der Waals surface area (Å²) in [5.74, 6) is -28.0. The van der Waals surface area contributed by atoms with Crippen LogP contribution in [0, 0.1) is 35.5 Å². The summed E-state index contributed by atoms with van der Waals surface area (Å²) in [6.07, 6.45) is -21.5. The SMILES string of the molecule is O=S(c1ccc(C#Cc2ccc(N(c3ccc(C#Cc4ccc(S(=O)C(F)(F)C(F)(F)C(F)(F)C(F)(F)F)cc4)cc3)c3ccc(C#Cc4ccc(S(=O)C(F)(F)C(F)(F)C(F)(F)C(F)(F)F)cc4)cc3)cc2)cc1)C(F)(F)C(F)(F)C(F)(F)C(F)(F)F. The molecule has 0 aromatic heterocycles. The molecule has 6 aromatic carbocycles. The van der Waals surface area contributed by atoms with E-state index in [2.05, 4.69) is 35.5 Å². The molecule has 470 valence electrons. The molecule has 0 spiro atoms. The highest BCUT2D eigenvalue weighted by Crippen LogP contribution is 2.58. The highest BCUT2D eigenvalue weighted by Gasteiger charge is 2.86. The molecule has 0 radical (unpaired) electrons. The predicted molar refractivity (Wildman–Crippen MR) is 260 cm³/mol. The Balaban J connectivity index is 1.27. The maximum Gasteiger partial charge on any atom is 0.460 e. The minimum atomic E-state index is -7.30. The number of anilines is 3. The Bertz CT molecular complexity index is 3400. The van der Waals surface area contributed by atoms with Gasteiger partial charge in [-0.3, -0.25) is 0 Å². The van der Waals surface area contributed by atoms with Crippen molar-refractivity contribution in [3.63, 3.8) is 0 Å². The second-order valence-electron chi connectivity index (χ2n) is 17.6. The summed E-state index contributed by atoms with van der Waals surface area (Å²) in [5.41, 5.74) is 1.07. The van der Waals surface area contributed by atoms with E-state index in [9.17, 15) is 131 Å². The largest absolute Gasteiger partial charge is 0.460 e. The number of halogens is 27. The molecule has 0 fully saturated rings. The van der Waals surface area contributed by atoms with Crippen molar-refractivity contribution >= 4 is 49.5 Å². The average molecular weight is 1340 g/mol. The van der Waals surface area contributed by atoms with Gasteiger partial charge >= 0.3 is 69.8 Å². The van der Waals surface area contributed by atoms with Crippen molar-refractivity contribution in [2.75, 3.05) is 4.90 Å². The van der Waals surface area contributed by atoms with Gasteiger partial charge in [0.1, 0.15) is 32.4 Å². The van der Waals surface area contributed by atoms with Crippen LogP contribution in [-0.2, 0) is 32.4 Å². The fourth-order valence-electron chi connectivity index (χ4n) is 6.82. The van der Waals surface area contributed by atoms with E-state index >= 15 is 0 Å². The molecule has 3 unspecified atom stereocenters. The summed E-state index contributed by atoms with van der Waals surface area (Å²) in [6, 6.07) is 24.5. The fourth-order valence-corrected chi connectivity index (χ4v) is 9.94. The molecule has 0 aliphatic rings. The van der Waals surface area contributed by atoms with Crippen molar-refractivity contribution in [2.24, 2.45) is 0 Å². The first-order valence-corrected chi connectivity index (χ1v) is 26.4. The monoisotopic (exact) mass is 1340 g/mol. The lowest BCUT2D eigenvalue weighted by Crippen LogP contribution is -2.62. The van der Waals surface area contributed by atoms with Crippen LogP contribution < -0.4 is 4.90 Å². The Hall–Kier alpha value is -7.64. The molecule has 0 N–H and O–H groups in total. The van der Waals surface area contributed by atoms with E-state index in [0.717, 1.165) is 36.4 Å². The van der Waals surface area contributed by atoms with Gasteiger partial charge < -0.3 is 4.90 Å². The Morgan fingerprint density at radius 2 is 0.375 bits per heavy atom. The zero-order chi connectivity index (χ0) is 66.5. The first-order valence-electron chi connectivity index (χ1n) is 22.9. The minimum Gasteiger partial charge on any atom is -0.311 e. The third kappa shape index (κ3) is 12.9. The number of hydrogen-bond acceptors (Lipinski definition) is 4. The topological polar surface area (TPSA) is 54.5 Å². The van der Waals surface area contributed by atoms with E-state index in [4.69, 9.17) is 0 Å². The maximum atomic E-state index is 14.3. The van der Waals surface area contributed by atoms with Gasteiger partial charge in [0.2, 0.25) is 0 Å². The lowest BCUT2D eigenvalue weighted by Gasteiger charge is -2.32. The highest BCUT2D eigenvalue weighted by molar-refractivity contribution is 7.86. The van der Waals surface area contributed by atoms with Crippen molar-refractivity contribution in [3.8, 4) is 35.5 Å². The molecule has 0 amide bonds. The summed E-state index contributed by atoms with van der Waals surface area (Å²) >= 11 is 0. The quantitative estimate of drug-likeness (QED) is 0.0759. The number of nitrogens with zero attached hydrogens (tertiary/aromatic N) is 1. The normalized spacial score (nSPS) is 14.5. The Kier molecular flexibility index (Phi) is 19.0. The zero-order valence-corrected chi connectivity index (χ0v) is 44.4.